The third kappa shape index (κ3) is 5.01. The van der Waals surface area contributed by atoms with Gasteiger partial charge in [0.15, 0.2) is 0 Å². The molecule has 3 aromatic rings. The van der Waals surface area contributed by atoms with Gasteiger partial charge in [-0.3, -0.25) is 9.44 Å². The molecule has 31 heavy (non-hydrogen) atoms. The highest BCUT2D eigenvalue weighted by atomic mass is 32.2. The highest BCUT2D eigenvalue weighted by molar-refractivity contribution is 7.93. The van der Waals surface area contributed by atoms with Crippen LogP contribution >= 0.6 is 0 Å². The average molecular weight is 465 g/mol. The van der Waals surface area contributed by atoms with E-state index in [4.69, 9.17) is 9.47 Å². The van der Waals surface area contributed by atoms with Crippen molar-refractivity contribution >= 4 is 31.4 Å². The van der Waals surface area contributed by atoms with Gasteiger partial charge < -0.3 is 14.6 Å². The molecule has 0 amide bonds. The molecule has 164 valence electrons. The minimum atomic E-state index is -4.11. The number of nitrogens with one attached hydrogen (secondary N) is 2. The molecule has 0 radical (unpaired) electrons. The van der Waals surface area contributed by atoms with Crippen LogP contribution < -0.4 is 18.9 Å². The van der Waals surface area contributed by atoms with Gasteiger partial charge in [0.25, 0.3) is 20.0 Å². The van der Waals surface area contributed by atoms with Gasteiger partial charge in [0, 0.05) is 0 Å². The molecule has 3 N–H and O–H groups in total. The fraction of sp³-hybridized carbons (Fsp3) is 0.100. The molecular weight excluding hydrogens is 444 g/mol. The summed E-state index contributed by atoms with van der Waals surface area (Å²) >= 11 is 0. The van der Waals surface area contributed by atoms with Crippen molar-refractivity contribution < 1.29 is 31.4 Å². The summed E-state index contributed by atoms with van der Waals surface area (Å²) in [5.41, 5.74) is -0.0860. The van der Waals surface area contributed by atoms with Crippen LogP contribution in [-0.4, -0.2) is 36.2 Å². The van der Waals surface area contributed by atoms with Crippen molar-refractivity contribution in [2.75, 3.05) is 23.7 Å². The number of sulfonamides is 2. The topological polar surface area (TPSA) is 131 Å². The Bertz CT molecular complexity index is 1290. The number of methoxy groups -OCH3 is 2. The Hall–Kier alpha value is -3.44. The van der Waals surface area contributed by atoms with E-state index in [2.05, 4.69) is 9.44 Å². The Morgan fingerprint density at radius 2 is 1.29 bits per heavy atom. The van der Waals surface area contributed by atoms with Crippen LogP contribution in [0.5, 0.6) is 17.2 Å². The maximum Gasteiger partial charge on any atom is 0.262 e. The third-order valence-electron chi connectivity index (χ3n) is 4.24. The normalized spacial score (nSPS) is 11.5. The Morgan fingerprint density at radius 3 is 1.94 bits per heavy atom. The first-order chi connectivity index (χ1) is 14.7. The van der Waals surface area contributed by atoms with E-state index >= 15 is 0 Å². The van der Waals surface area contributed by atoms with Gasteiger partial charge in [0.05, 0.1) is 35.4 Å². The third-order valence-corrected chi connectivity index (χ3v) is 6.99. The van der Waals surface area contributed by atoms with Crippen LogP contribution in [0, 0.1) is 0 Å². The molecule has 0 aliphatic heterocycles. The maximum absolute atomic E-state index is 12.8. The maximum atomic E-state index is 12.8. The van der Waals surface area contributed by atoms with Crippen LogP contribution in [-0.2, 0) is 20.0 Å². The fourth-order valence-electron chi connectivity index (χ4n) is 2.66. The molecule has 11 heteroatoms. The number of anilines is 2. The van der Waals surface area contributed by atoms with E-state index in [1.54, 1.807) is 18.2 Å². The lowest BCUT2D eigenvalue weighted by Crippen LogP contribution is -2.16. The van der Waals surface area contributed by atoms with E-state index in [0.29, 0.717) is 11.5 Å². The van der Waals surface area contributed by atoms with Crippen molar-refractivity contribution in [3.05, 3.63) is 66.7 Å². The number of aromatic hydroxyl groups is 1. The number of phenolic OH excluding ortho intramolecular Hbond substituents is 1. The molecule has 0 unspecified atom stereocenters. The van der Waals surface area contributed by atoms with Crippen LogP contribution in [0.4, 0.5) is 11.4 Å². The summed E-state index contributed by atoms with van der Waals surface area (Å²) < 4.78 is 65.6. The Balaban J connectivity index is 1.92. The molecule has 0 spiro atoms. The molecule has 0 atom stereocenters. The Kier molecular flexibility index (Phi) is 6.27. The predicted molar refractivity (Wildman–Crippen MR) is 116 cm³/mol. The largest absolute Gasteiger partial charge is 0.506 e. The zero-order valence-corrected chi connectivity index (χ0v) is 18.2. The first-order valence-electron chi connectivity index (χ1n) is 8.82. The quantitative estimate of drug-likeness (QED) is 0.437. The zero-order valence-electron chi connectivity index (χ0n) is 16.6. The minimum Gasteiger partial charge on any atom is -0.506 e. The summed E-state index contributed by atoms with van der Waals surface area (Å²) in [6.45, 7) is 0. The van der Waals surface area contributed by atoms with Crippen molar-refractivity contribution in [3.63, 3.8) is 0 Å². The number of benzene rings is 3. The van der Waals surface area contributed by atoms with E-state index in [1.807, 2.05) is 0 Å². The van der Waals surface area contributed by atoms with E-state index < -0.39 is 25.8 Å². The van der Waals surface area contributed by atoms with Gasteiger partial charge in [-0.1, -0.05) is 12.1 Å². The van der Waals surface area contributed by atoms with Crippen molar-refractivity contribution in [3.8, 4) is 17.2 Å². The van der Waals surface area contributed by atoms with Gasteiger partial charge >= 0.3 is 0 Å². The highest BCUT2D eigenvalue weighted by Gasteiger charge is 2.21. The summed E-state index contributed by atoms with van der Waals surface area (Å²) in [5, 5.41) is 10.1. The van der Waals surface area contributed by atoms with Crippen molar-refractivity contribution in [2.45, 2.75) is 9.79 Å². The molecule has 0 aliphatic carbocycles. The van der Waals surface area contributed by atoms with Gasteiger partial charge in [0.1, 0.15) is 17.2 Å². The second-order valence-corrected chi connectivity index (χ2v) is 9.63. The number of ether oxygens (including phenoxy) is 2. The smallest absolute Gasteiger partial charge is 0.262 e. The SMILES string of the molecule is COc1ccc(S(=O)(=O)Nc2cc(S(=O)(=O)Nc3ccccc3OC)ccc2O)cc1. The van der Waals surface area contributed by atoms with Crippen molar-refractivity contribution in [2.24, 2.45) is 0 Å². The molecule has 9 nitrogen and oxygen atoms in total. The van der Waals surface area contributed by atoms with Crippen molar-refractivity contribution in [1.29, 1.82) is 0 Å². The van der Waals surface area contributed by atoms with Gasteiger partial charge in [-0.25, -0.2) is 16.8 Å². The number of rotatable bonds is 8. The summed E-state index contributed by atoms with van der Waals surface area (Å²) in [4.78, 5) is -0.350. The number of phenols is 1. The molecule has 0 heterocycles. The Morgan fingerprint density at radius 1 is 0.710 bits per heavy atom. The molecule has 3 aromatic carbocycles. The average Bonchev–Trinajstić information content (AvgIpc) is 2.75. The summed E-state index contributed by atoms with van der Waals surface area (Å²) in [7, 11) is -5.35. The van der Waals surface area contributed by atoms with E-state index in [9.17, 15) is 21.9 Å². The minimum absolute atomic E-state index is 0.0897. The molecule has 0 saturated carbocycles. The lowest BCUT2D eigenvalue weighted by Gasteiger charge is -2.14. The lowest BCUT2D eigenvalue weighted by atomic mass is 10.3. The number of hydrogen-bond donors (Lipinski definition) is 3. The number of para-hydroxylation sites is 2. The molecule has 0 aliphatic rings. The second-order valence-electron chi connectivity index (χ2n) is 6.27. The summed E-state index contributed by atoms with van der Waals surface area (Å²) in [6, 6.07) is 15.3. The van der Waals surface area contributed by atoms with Gasteiger partial charge in [-0.2, -0.15) is 0 Å². The highest BCUT2D eigenvalue weighted by Crippen LogP contribution is 2.31. The molecule has 0 fully saturated rings. The second kappa shape index (κ2) is 8.74. The summed E-state index contributed by atoms with van der Waals surface area (Å²) in [5.74, 6) is 0.343. The predicted octanol–water partition coefficient (Wildman–Crippen LogP) is 3.01. The molecule has 3 rings (SSSR count). The van der Waals surface area contributed by atoms with Crippen LogP contribution in [0.3, 0.4) is 0 Å². The fourth-order valence-corrected chi connectivity index (χ4v) is 4.82. The molecular formula is C20H20N2O7S2. The van der Waals surface area contributed by atoms with E-state index in [-0.39, 0.29) is 21.2 Å². The van der Waals surface area contributed by atoms with E-state index in [0.717, 1.165) is 18.2 Å². The monoisotopic (exact) mass is 464 g/mol. The number of hydrogen-bond acceptors (Lipinski definition) is 7. The van der Waals surface area contributed by atoms with Crippen LogP contribution in [0.25, 0.3) is 0 Å². The lowest BCUT2D eigenvalue weighted by molar-refractivity contribution is 0.414. The van der Waals surface area contributed by atoms with Crippen LogP contribution in [0.1, 0.15) is 0 Å². The van der Waals surface area contributed by atoms with Gasteiger partial charge in [0.2, 0.25) is 0 Å². The standard InChI is InChI=1S/C20H20N2O7S2/c1-28-14-7-9-15(10-8-14)30(24,25)22-18-13-16(11-12-19(18)23)31(26,27)21-17-5-3-4-6-20(17)29-2/h3-13,21-23H,1-2H3. The zero-order chi connectivity index (χ0) is 22.6. The molecule has 0 saturated heterocycles. The molecule has 0 bridgehead atoms. The van der Waals surface area contributed by atoms with E-state index in [1.165, 1.54) is 44.6 Å². The first kappa shape index (κ1) is 22.2. The van der Waals surface area contributed by atoms with Crippen LogP contribution in [0.15, 0.2) is 76.5 Å². The van der Waals surface area contributed by atoms with Crippen LogP contribution in [0.2, 0.25) is 0 Å². The van der Waals surface area contributed by atoms with Gasteiger partial charge in [-0.15, -0.1) is 0 Å². The molecule has 0 aromatic heterocycles. The first-order valence-corrected chi connectivity index (χ1v) is 11.8. The van der Waals surface area contributed by atoms with Gasteiger partial charge in [-0.05, 0) is 54.6 Å². The Labute approximate surface area is 180 Å². The van der Waals surface area contributed by atoms with Crippen molar-refractivity contribution in [1.82, 2.24) is 0 Å². The summed E-state index contributed by atoms with van der Waals surface area (Å²) in [6.07, 6.45) is 0.